The molecule has 0 spiro atoms. The average Bonchev–Trinajstić information content (AvgIpc) is 2.45. The normalized spacial score (nSPS) is 11.8. The standard InChI is InChI=1S/C12H8F3N5O3/c13-12(14,15)9-5-10(21)19(11(16)18-9)17-6-7-3-1-2-4-8(7)20(22)23/h1-6H,(H2,16,18)/b17-6-. The van der Waals surface area contributed by atoms with Crippen molar-refractivity contribution in [2.45, 2.75) is 6.18 Å². The predicted molar refractivity (Wildman–Crippen MR) is 74.0 cm³/mol. The minimum absolute atomic E-state index is 0.0451. The van der Waals surface area contributed by atoms with Gasteiger partial charge in [-0.05, 0) is 6.07 Å². The summed E-state index contributed by atoms with van der Waals surface area (Å²) < 4.78 is 37.9. The van der Waals surface area contributed by atoms with Gasteiger partial charge in [0.15, 0.2) is 5.69 Å². The maximum absolute atomic E-state index is 12.5. The topological polar surface area (TPSA) is 116 Å². The number of alkyl halides is 3. The van der Waals surface area contributed by atoms with Crippen LogP contribution in [0, 0.1) is 10.1 Å². The Bertz CT molecular complexity index is 845. The van der Waals surface area contributed by atoms with Gasteiger partial charge in [-0.15, -0.1) is 0 Å². The first-order valence-corrected chi connectivity index (χ1v) is 5.94. The fourth-order valence-electron chi connectivity index (χ4n) is 1.64. The second-order valence-electron chi connectivity index (χ2n) is 4.21. The molecule has 0 unspecified atom stereocenters. The molecule has 0 bridgehead atoms. The molecule has 0 saturated heterocycles. The van der Waals surface area contributed by atoms with Crippen molar-refractivity contribution in [1.29, 1.82) is 0 Å². The van der Waals surface area contributed by atoms with Crippen molar-refractivity contribution in [1.82, 2.24) is 9.66 Å². The van der Waals surface area contributed by atoms with Crippen molar-refractivity contribution < 1.29 is 18.1 Å². The number of halogens is 3. The van der Waals surface area contributed by atoms with E-state index in [1.54, 1.807) is 0 Å². The zero-order chi connectivity index (χ0) is 17.2. The van der Waals surface area contributed by atoms with Crippen LogP contribution in [0.5, 0.6) is 0 Å². The Morgan fingerprint density at radius 2 is 2.00 bits per heavy atom. The van der Waals surface area contributed by atoms with Gasteiger partial charge in [-0.25, -0.2) is 4.98 Å². The molecule has 2 rings (SSSR count). The van der Waals surface area contributed by atoms with Gasteiger partial charge in [0.05, 0.1) is 16.7 Å². The summed E-state index contributed by atoms with van der Waals surface area (Å²) >= 11 is 0. The molecule has 2 N–H and O–H groups in total. The van der Waals surface area contributed by atoms with Crippen LogP contribution >= 0.6 is 0 Å². The van der Waals surface area contributed by atoms with Gasteiger partial charge in [0, 0.05) is 12.1 Å². The third kappa shape index (κ3) is 3.51. The van der Waals surface area contributed by atoms with Gasteiger partial charge in [0.2, 0.25) is 5.95 Å². The van der Waals surface area contributed by atoms with Gasteiger partial charge >= 0.3 is 6.18 Å². The van der Waals surface area contributed by atoms with Crippen molar-refractivity contribution in [2.75, 3.05) is 5.73 Å². The minimum atomic E-state index is -4.83. The first-order chi connectivity index (χ1) is 10.7. The van der Waals surface area contributed by atoms with Crippen LogP contribution in [0.3, 0.4) is 0 Å². The highest BCUT2D eigenvalue weighted by molar-refractivity contribution is 5.85. The number of anilines is 1. The summed E-state index contributed by atoms with van der Waals surface area (Å²) in [5.41, 5.74) is 2.43. The van der Waals surface area contributed by atoms with Crippen LogP contribution in [0.4, 0.5) is 24.8 Å². The lowest BCUT2D eigenvalue weighted by atomic mass is 10.2. The van der Waals surface area contributed by atoms with E-state index < -0.39 is 28.3 Å². The monoisotopic (exact) mass is 327 g/mol. The lowest BCUT2D eigenvalue weighted by molar-refractivity contribution is -0.385. The molecule has 0 aliphatic carbocycles. The summed E-state index contributed by atoms with van der Waals surface area (Å²) in [6.45, 7) is 0. The molecule has 23 heavy (non-hydrogen) atoms. The summed E-state index contributed by atoms with van der Waals surface area (Å²) in [5.74, 6) is -0.792. The molecule has 8 nitrogen and oxygen atoms in total. The maximum Gasteiger partial charge on any atom is 0.433 e. The smallest absolute Gasteiger partial charge is 0.368 e. The van der Waals surface area contributed by atoms with E-state index in [0.29, 0.717) is 4.68 Å². The first-order valence-electron chi connectivity index (χ1n) is 5.94. The second kappa shape index (κ2) is 5.87. The van der Waals surface area contributed by atoms with Gasteiger partial charge < -0.3 is 5.73 Å². The molecule has 1 heterocycles. The number of para-hydroxylation sites is 1. The van der Waals surface area contributed by atoms with Gasteiger partial charge in [0.25, 0.3) is 11.2 Å². The quantitative estimate of drug-likeness (QED) is 0.522. The zero-order valence-corrected chi connectivity index (χ0v) is 11.2. The molecule has 0 saturated carbocycles. The molecule has 0 atom stereocenters. The zero-order valence-electron chi connectivity index (χ0n) is 11.2. The third-order valence-corrected chi connectivity index (χ3v) is 2.66. The number of nitrogens with two attached hydrogens (primary N) is 1. The van der Waals surface area contributed by atoms with Crippen molar-refractivity contribution in [3.05, 3.63) is 62.1 Å². The molecule has 1 aromatic carbocycles. The number of hydrogen-bond acceptors (Lipinski definition) is 6. The van der Waals surface area contributed by atoms with Gasteiger partial charge in [0.1, 0.15) is 0 Å². The molecule has 0 aliphatic heterocycles. The number of nitrogens with zero attached hydrogens (tertiary/aromatic N) is 4. The van der Waals surface area contributed by atoms with Crippen molar-refractivity contribution in [3.8, 4) is 0 Å². The number of aromatic nitrogens is 2. The van der Waals surface area contributed by atoms with E-state index in [4.69, 9.17) is 5.73 Å². The van der Waals surface area contributed by atoms with Crippen LogP contribution in [-0.4, -0.2) is 20.8 Å². The van der Waals surface area contributed by atoms with Crippen LogP contribution in [0.15, 0.2) is 40.2 Å². The lowest BCUT2D eigenvalue weighted by Gasteiger charge is -2.07. The number of nitro benzene ring substituents is 1. The maximum atomic E-state index is 12.5. The Balaban J connectivity index is 2.46. The largest absolute Gasteiger partial charge is 0.433 e. The molecular formula is C12H8F3N5O3. The molecule has 0 amide bonds. The van der Waals surface area contributed by atoms with Crippen molar-refractivity contribution >= 4 is 17.9 Å². The summed E-state index contributed by atoms with van der Waals surface area (Å²) in [7, 11) is 0. The number of rotatable bonds is 3. The summed E-state index contributed by atoms with van der Waals surface area (Å²) in [6, 6.07) is 5.70. The second-order valence-corrected chi connectivity index (χ2v) is 4.21. The van der Waals surface area contributed by atoms with E-state index in [0.717, 1.165) is 6.21 Å². The van der Waals surface area contributed by atoms with E-state index in [1.165, 1.54) is 24.3 Å². The van der Waals surface area contributed by atoms with E-state index in [-0.39, 0.29) is 17.3 Å². The number of nitrogen functional groups attached to an aromatic ring is 1. The summed E-state index contributed by atoms with van der Waals surface area (Å²) in [4.78, 5) is 24.9. The van der Waals surface area contributed by atoms with Crippen LogP contribution in [0.25, 0.3) is 0 Å². The predicted octanol–water partition coefficient (Wildman–Crippen LogP) is 1.63. The van der Waals surface area contributed by atoms with Crippen molar-refractivity contribution in [2.24, 2.45) is 5.10 Å². The van der Waals surface area contributed by atoms with Crippen molar-refractivity contribution in [3.63, 3.8) is 0 Å². The highest BCUT2D eigenvalue weighted by Crippen LogP contribution is 2.26. The molecule has 0 radical (unpaired) electrons. The summed E-state index contributed by atoms with van der Waals surface area (Å²) in [5, 5.41) is 14.4. The Kier molecular flexibility index (Phi) is 4.12. The van der Waals surface area contributed by atoms with Gasteiger partial charge in [-0.3, -0.25) is 14.9 Å². The Morgan fingerprint density at radius 3 is 2.57 bits per heavy atom. The summed E-state index contributed by atoms with van der Waals surface area (Å²) in [6.07, 6.45) is -3.89. The van der Waals surface area contributed by atoms with Crippen LogP contribution in [0.2, 0.25) is 0 Å². The Morgan fingerprint density at radius 1 is 1.35 bits per heavy atom. The van der Waals surface area contributed by atoms with E-state index in [2.05, 4.69) is 10.1 Å². The Labute approximate surface area is 125 Å². The SMILES string of the molecule is Nc1nc(C(F)(F)F)cc(=O)n1/N=C\c1ccccc1[N+](=O)[O-]. The van der Waals surface area contributed by atoms with E-state index in [9.17, 15) is 28.1 Å². The van der Waals surface area contributed by atoms with E-state index in [1.807, 2.05) is 0 Å². The average molecular weight is 327 g/mol. The molecule has 0 aliphatic rings. The lowest BCUT2D eigenvalue weighted by Crippen LogP contribution is -2.24. The van der Waals surface area contributed by atoms with Gasteiger partial charge in [-0.1, -0.05) is 12.1 Å². The first kappa shape index (κ1) is 16.1. The van der Waals surface area contributed by atoms with Crippen LogP contribution in [-0.2, 0) is 6.18 Å². The van der Waals surface area contributed by atoms with Gasteiger partial charge in [-0.2, -0.15) is 22.9 Å². The third-order valence-electron chi connectivity index (χ3n) is 2.66. The minimum Gasteiger partial charge on any atom is -0.368 e. The number of nitro groups is 1. The highest BCUT2D eigenvalue weighted by Gasteiger charge is 2.33. The molecular weight excluding hydrogens is 319 g/mol. The number of benzene rings is 1. The fourth-order valence-corrected chi connectivity index (χ4v) is 1.64. The molecule has 120 valence electrons. The van der Waals surface area contributed by atoms with E-state index >= 15 is 0 Å². The fraction of sp³-hybridized carbons (Fsp3) is 0.0833. The highest BCUT2D eigenvalue weighted by atomic mass is 19.4. The van der Waals surface area contributed by atoms with Crippen LogP contribution < -0.4 is 11.3 Å². The number of hydrogen-bond donors (Lipinski definition) is 1. The molecule has 1 aromatic heterocycles. The molecule has 2 aromatic rings. The molecule has 11 heteroatoms. The molecule has 0 fully saturated rings. The Hall–Kier alpha value is -3.24. The van der Waals surface area contributed by atoms with Crippen LogP contribution in [0.1, 0.15) is 11.3 Å².